The van der Waals surface area contributed by atoms with Crippen molar-refractivity contribution in [1.82, 2.24) is 4.90 Å². The van der Waals surface area contributed by atoms with Gasteiger partial charge in [-0.3, -0.25) is 4.79 Å². The monoisotopic (exact) mass is 151 g/mol. The molecule has 1 aliphatic heterocycles. The van der Waals surface area contributed by atoms with Crippen molar-refractivity contribution >= 4 is 6.41 Å². The molecule has 0 saturated carbocycles. The van der Waals surface area contributed by atoms with E-state index < -0.39 is 0 Å². The van der Waals surface area contributed by atoms with Gasteiger partial charge in [-0.2, -0.15) is 0 Å². The van der Waals surface area contributed by atoms with E-state index in [0.717, 1.165) is 31.5 Å². The maximum absolute atomic E-state index is 10.5. The molecule has 1 saturated heterocycles. The molecule has 0 bridgehead atoms. The minimum absolute atomic E-state index is 0.437. The summed E-state index contributed by atoms with van der Waals surface area (Å²) in [6, 6.07) is 0. The maximum Gasteiger partial charge on any atom is 0.214 e. The first-order valence-electron chi connectivity index (χ1n) is 3.91. The van der Waals surface area contributed by atoms with Crippen LogP contribution in [-0.4, -0.2) is 17.9 Å². The fourth-order valence-corrected chi connectivity index (χ4v) is 1.49. The van der Waals surface area contributed by atoms with Crippen LogP contribution >= 0.6 is 0 Å². The van der Waals surface area contributed by atoms with Crippen LogP contribution in [0.25, 0.3) is 0 Å². The van der Waals surface area contributed by atoms with E-state index in [4.69, 9.17) is 0 Å². The lowest BCUT2D eigenvalue weighted by Crippen LogP contribution is -2.30. The summed E-state index contributed by atoms with van der Waals surface area (Å²) < 4.78 is 0. The fourth-order valence-electron chi connectivity index (χ4n) is 1.49. The highest BCUT2D eigenvalue weighted by Crippen LogP contribution is 2.23. The number of piperidine rings is 1. The molecular weight excluding hydrogens is 138 g/mol. The molecule has 1 fully saturated rings. The van der Waals surface area contributed by atoms with E-state index in [1.54, 1.807) is 4.90 Å². The average molecular weight is 151 g/mol. The highest BCUT2D eigenvalue weighted by atomic mass is 16.1. The molecule has 2 heteroatoms. The number of carbonyl (C=O) groups is 1. The van der Waals surface area contributed by atoms with Crippen LogP contribution in [0, 0.1) is 5.92 Å². The predicted octanol–water partition coefficient (Wildman–Crippen LogP) is 1.54. The van der Waals surface area contributed by atoms with Crippen molar-refractivity contribution in [2.75, 3.05) is 6.54 Å². The van der Waals surface area contributed by atoms with Gasteiger partial charge in [0.15, 0.2) is 0 Å². The predicted molar refractivity (Wildman–Crippen MR) is 43.8 cm³/mol. The summed E-state index contributed by atoms with van der Waals surface area (Å²) in [4.78, 5) is 12.2. The zero-order valence-corrected chi connectivity index (χ0v) is 6.84. The second-order valence-electron chi connectivity index (χ2n) is 2.90. The number of allylic oxidation sites excluding steroid dienone is 1. The van der Waals surface area contributed by atoms with E-state index in [1.165, 1.54) is 0 Å². The summed E-state index contributed by atoms with van der Waals surface area (Å²) in [5.41, 5.74) is 3.77. The van der Waals surface area contributed by atoms with Gasteiger partial charge in [-0.1, -0.05) is 13.5 Å². The molecule has 0 aromatic rings. The molecule has 0 aliphatic carbocycles. The fraction of sp³-hybridized carbons (Fsp3) is 0.556. The third-order valence-electron chi connectivity index (χ3n) is 2.12. The Morgan fingerprint density at radius 1 is 1.82 bits per heavy atom. The average Bonchev–Trinajstić information content (AvgIpc) is 2.04. The van der Waals surface area contributed by atoms with Crippen LogP contribution in [0.15, 0.2) is 18.0 Å². The van der Waals surface area contributed by atoms with Gasteiger partial charge < -0.3 is 4.90 Å². The Hall–Kier alpha value is -1.01. The number of amides is 1. The lowest BCUT2D eigenvalue weighted by atomic mass is 9.97. The standard InChI is InChI=1S/C9H13NO/c1-3-9-8(2)5-4-6-10(9)7-11/h7-8H,1,4-6H2,2H3. The molecule has 1 aliphatic rings. The molecule has 1 heterocycles. The van der Waals surface area contributed by atoms with Crippen molar-refractivity contribution in [1.29, 1.82) is 0 Å². The number of carbonyl (C=O) groups excluding carboxylic acids is 1. The lowest BCUT2D eigenvalue weighted by molar-refractivity contribution is -0.117. The lowest BCUT2D eigenvalue weighted by Gasteiger charge is -2.29. The van der Waals surface area contributed by atoms with Crippen molar-refractivity contribution in [2.24, 2.45) is 5.92 Å². The first-order chi connectivity index (χ1) is 5.29. The van der Waals surface area contributed by atoms with Crippen LogP contribution in [0.1, 0.15) is 19.8 Å². The second-order valence-corrected chi connectivity index (χ2v) is 2.90. The quantitative estimate of drug-likeness (QED) is 0.411. The van der Waals surface area contributed by atoms with Crippen LogP contribution in [-0.2, 0) is 4.79 Å². The van der Waals surface area contributed by atoms with Crippen molar-refractivity contribution in [3.8, 4) is 0 Å². The smallest absolute Gasteiger partial charge is 0.214 e. The van der Waals surface area contributed by atoms with Gasteiger partial charge in [0.05, 0.1) is 5.70 Å². The van der Waals surface area contributed by atoms with E-state index in [2.05, 4.69) is 19.2 Å². The highest BCUT2D eigenvalue weighted by Gasteiger charge is 2.19. The topological polar surface area (TPSA) is 20.3 Å². The van der Waals surface area contributed by atoms with Crippen LogP contribution < -0.4 is 0 Å². The molecule has 1 amide bonds. The zero-order chi connectivity index (χ0) is 8.27. The van der Waals surface area contributed by atoms with Crippen molar-refractivity contribution in [3.05, 3.63) is 18.0 Å². The molecule has 0 aromatic heterocycles. The molecule has 1 unspecified atom stereocenters. The molecule has 60 valence electrons. The van der Waals surface area contributed by atoms with E-state index in [0.29, 0.717) is 5.92 Å². The van der Waals surface area contributed by atoms with Gasteiger partial charge >= 0.3 is 0 Å². The van der Waals surface area contributed by atoms with Gasteiger partial charge in [0.1, 0.15) is 0 Å². The third kappa shape index (κ3) is 1.52. The van der Waals surface area contributed by atoms with Crippen molar-refractivity contribution in [2.45, 2.75) is 19.8 Å². The van der Waals surface area contributed by atoms with E-state index >= 15 is 0 Å². The number of hydrogen-bond donors (Lipinski definition) is 0. The van der Waals surface area contributed by atoms with E-state index in [9.17, 15) is 4.79 Å². The van der Waals surface area contributed by atoms with Crippen LogP contribution in [0.3, 0.4) is 0 Å². The SMILES string of the molecule is C=C=C1C(C)CCCN1C=O. The van der Waals surface area contributed by atoms with Crippen molar-refractivity contribution in [3.63, 3.8) is 0 Å². The van der Waals surface area contributed by atoms with Crippen LogP contribution in [0.5, 0.6) is 0 Å². The normalized spacial score (nSPS) is 24.6. The summed E-state index contributed by atoms with van der Waals surface area (Å²) in [5.74, 6) is 0.437. The molecule has 0 radical (unpaired) electrons. The summed E-state index contributed by atoms with van der Waals surface area (Å²) in [6.45, 7) is 6.50. The van der Waals surface area contributed by atoms with Gasteiger partial charge in [0, 0.05) is 12.5 Å². The van der Waals surface area contributed by atoms with Crippen LogP contribution in [0.2, 0.25) is 0 Å². The summed E-state index contributed by atoms with van der Waals surface area (Å²) in [7, 11) is 0. The highest BCUT2D eigenvalue weighted by molar-refractivity contribution is 5.51. The molecule has 0 N–H and O–H groups in total. The Labute approximate surface area is 67.2 Å². The van der Waals surface area contributed by atoms with Crippen LogP contribution in [0.4, 0.5) is 0 Å². The molecular formula is C9H13NO. The molecule has 2 nitrogen and oxygen atoms in total. The Balaban J connectivity index is 2.80. The van der Waals surface area contributed by atoms with Gasteiger partial charge in [-0.05, 0) is 12.8 Å². The second kappa shape index (κ2) is 3.40. The Bertz CT molecular complexity index is 204. The van der Waals surface area contributed by atoms with Gasteiger partial charge in [-0.15, -0.1) is 5.73 Å². The number of hydrogen-bond acceptors (Lipinski definition) is 1. The largest absolute Gasteiger partial charge is 0.312 e. The molecule has 1 rings (SSSR count). The van der Waals surface area contributed by atoms with Gasteiger partial charge in [0.25, 0.3) is 0 Å². The summed E-state index contributed by atoms with van der Waals surface area (Å²) >= 11 is 0. The molecule has 1 atom stereocenters. The van der Waals surface area contributed by atoms with Gasteiger partial charge in [0.2, 0.25) is 6.41 Å². The third-order valence-corrected chi connectivity index (χ3v) is 2.12. The Morgan fingerprint density at radius 2 is 2.55 bits per heavy atom. The van der Waals surface area contributed by atoms with Crippen molar-refractivity contribution < 1.29 is 4.79 Å². The first kappa shape index (κ1) is 8.09. The number of likely N-dealkylation sites (tertiary alicyclic amines) is 1. The maximum atomic E-state index is 10.5. The Kier molecular flexibility index (Phi) is 2.50. The van der Waals surface area contributed by atoms with E-state index in [-0.39, 0.29) is 0 Å². The van der Waals surface area contributed by atoms with E-state index in [1.807, 2.05) is 0 Å². The molecule has 11 heavy (non-hydrogen) atoms. The van der Waals surface area contributed by atoms with Gasteiger partial charge in [-0.25, -0.2) is 0 Å². The molecule has 0 aromatic carbocycles. The Morgan fingerprint density at radius 3 is 3.00 bits per heavy atom. The zero-order valence-electron chi connectivity index (χ0n) is 6.84. The number of rotatable bonds is 1. The minimum atomic E-state index is 0.437. The molecule has 0 spiro atoms. The number of nitrogens with zero attached hydrogens (tertiary/aromatic N) is 1. The summed E-state index contributed by atoms with van der Waals surface area (Å²) in [5, 5.41) is 0. The summed E-state index contributed by atoms with van der Waals surface area (Å²) in [6.07, 6.45) is 3.09. The first-order valence-corrected chi connectivity index (χ1v) is 3.91. The minimum Gasteiger partial charge on any atom is -0.312 e.